The molecule has 3 aromatic rings. The zero-order chi connectivity index (χ0) is 15.5. The topological polar surface area (TPSA) is 117 Å². The van der Waals surface area contributed by atoms with Crippen LogP contribution in [0.5, 0.6) is 0 Å². The fourth-order valence-corrected chi connectivity index (χ4v) is 2.55. The van der Waals surface area contributed by atoms with Gasteiger partial charge in [-0.2, -0.15) is 5.11 Å². The number of nitro groups is 1. The lowest BCUT2D eigenvalue weighted by Gasteiger charge is -1.94. The predicted octanol–water partition coefficient (Wildman–Crippen LogP) is 3.76. The molecule has 2 aromatic heterocycles. The zero-order valence-corrected chi connectivity index (χ0v) is 11.8. The summed E-state index contributed by atoms with van der Waals surface area (Å²) in [5.41, 5.74) is 0.477. The monoisotopic (exact) mass is 315 g/mol. The van der Waals surface area contributed by atoms with Crippen LogP contribution in [0, 0.1) is 10.1 Å². The van der Waals surface area contributed by atoms with Gasteiger partial charge in [0.1, 0.15) is 5.69 Å². The lowest BCUT2D eigenvalue weighted by Crippen LogP contribution is -1.96. The average molecular weight is 315 g/mol. The Labute approximate surface area is 127 Å². The van der Waals surface area contributed by atoms with E-state index in [9.17, 15) is 14.9 Å². The normalized spacial score (nSPS) is 11.1. The average Bonchev–Trinajstić information content (AvgIpc) is 3.15. The minimum Gasteiger partial charge on any atom is -0.294 e. The maximum absolute atomic E-state index is 11.8. The van der Waals surface area contributed by atoms with Crippen LogP contribution in [0.15, 0.2) is 56.8 Å². The molecular weight excluding hydrogens is 306 g/mol. The smallest absolute Gasteiger partial charge is 0.292 e. The molecule has 0 aliphatic rings. The number of nitrogens with one attached hydrogen (secondary N) is 2. The largest absolute Gasteiger partial charge is 0.294 e. The fraction of sp³-hybridized carbons (Fsp3) is 0. The molecule has 3 rings (SSSR count). The van der Waals surface area contributed by atoms with E-state index in [-0.39, 0.29) is 11.4 Å². The first-order chi connectivity index (χ1) is 10.6. The lowest BCUT2D eigenvalue weighted by atomic mass is 10.3. The Morgan fingerprint density at radius 3 is 2.73 bits per heavy atom. The second-order valence-corrected chi connectivity index (χ2v) is 5.20. The summed E-state index contributed by atoms with van der Waals surface area (Å²) in [5, 5.41) is 25.6. The van der Waals surface area contributed by atoms with E-state index in [0.29, 0.717) is 11.4 Å². The van der Waals surface area contributed by atoms with E-state index in [1.54, 1.807) is 6.07 Å². The van der Waals surface area contributed by atoms with Crippen LogP contribution in [0.4, 0.5) is 17.1 Å². The summed E-state index contributed by atoms with van der Waals surface area (Å²) in [6.07, 6.45) is 0. The van der Waals surface area contributed by atoms with Gasteiger partial charge >= 0.3 is 0 Å². The molecule has 0 fully saturated rings. The minimum absolute atomic E-state index is 0.0853. The number of H-pyrrole nitrogens is 2. The van der Waals surface area contributed by atoms with Gasteiger partial charge in [-0.25, -0.2) is 0 Å². The summed E-state index contributed by atoms with van der Waals surface area (Å²) in [4.78, 5) is 22.8. The van der Waals surface area contributed by atoms with Crippen molar-refractivity contribution < 1.29 is 4.92 Å². The molecule has 0 saturated heterocycles. The molecule has 2 N–H and O–H groups in total. The molecule has 0 amide bonds. The molecule has 0 spiro atoms. The van der Waals surface area contributed by atoms with E-state index >= 15 is 0 Å². The highest BCUT2D eigenvalue weighted by Crippen LogP contribution is 2.30. The molecule has 0 radical (unpaired) electrons. The molecule has 2 heterocycles. The molecule has 110 valence electrons. The van der Waals surface area contributed by atoms with Crippen LogP contribution in [0.1, 0.15) is 0 Å². The number of azo groups is 1. The van der Waals surface area contributed by atoms with Crippen LogP contribution in [-0.2, 0) is 0 Å². The van der Waals surface area contributed by atoms with Crippen molar-refractivity contribution in [3.63, 3.8) is 0 Å². The van der Waals surface area contributed by atoms with E-state index in [4.69, 9.17) is 0 Å². The molecule has 8 nitrogen and oxygen atoms in total. The van der Waals surface area contributed by atoms with Crippen LogP contribution in [-0.4, -0.2) is 15.1 Å². The van der Waals surface area contributed by atoms with Crippen molar-refractivity contribution in [3.8, 4) is 10.6 Å². The Morgan fingerprint density at radius 1 is 1.14 bits per heavy atom. The summed E-state index contributed by atoms with van der Waals surface area (Å²) in [5.74, 6) is 0. The Kier molecular flexibility index (Phi) is 3.62. The van der Waals surface area contributed by atoms with E-state index < -0.39 is 10.5 Å². The minimum atomic E-state index is -0.515. The van der Waals surface area contributed by atoms with Crippen molar-refractivity contribution in [3.05, 3.63) is 62.2 Å². The van der Waals surface area contributed by atoms with Crippen molar-refractivity contribution in [2.45, 2.75) is 0 Å². The highest BCUT2D eigenvalue weighted by molar-refractivity contribution is 7.13. The molecule has 0 aliphatic heterocycles. The number of non-ortho nitro benzene ring substituents is 1. The number of nitro benzene ring substituents is 1. The van der Waals surface area contributed by atoms with Crippen LogP contribution >= 0.6 is 11.3 Å². The van der Waals surface area contributed by atoms with Gasteiger partial charge in [-0.1, -0.05) is 12.1 Å². The third kappa shape index (κ3) is 2.69. The van der Waals surface area contributed by atoms with Gasteiger partial charge < -0.3 is 0 Å². The number of aromatic nitrogens is 2. The Hall–Kier alpha value is -3.07. The molecule has 0 saturated carbocycles. The van der Waals surface area contributed by atoms with Gasteiger partial charge in [0, 0.05) is 12.1 Å². The maximum Gasteiger partial charge on any atom is 0.292 e. The number of hydrogen-bond acceptors (Lipinski definition) is 6. The van der Waals surface area contributed by atoms with Gasteiger partial charge in [0.2, 0.25) is 0 Å². The molecule has 1 aromatic carbocycles. The first-order valence-electron chi connectivity index (χ1n) is 6.16. The molecule has 22 heavy (non-hydrogen) atoms. The number of aromatic amines is 2. The molecule has 9 heteroatoms. The third-order valence-electron chi connectivity index (χ3n) is 2.83. The Bertz CT molecular complexity index is 895. The number of hydrogen-bond donors (Lipinski definition) is 2. The van der Waals surface area contributed by atoms with E-state index in [2.05, 4.69) is 20.4 Å². The van der Waals surface area contributed by atoms with Gasteiger partial charge in [0.25, 0.3) is 11.2 Å². The standard InChI is InChI=1S/C13H9N5O3S/c19-13-12(11(15-17-13)10-5-2-6-22-10)16-14-8-3-1-4-9(7-8)18(20)21/h1-7H,(H2,15,17,19). The van der Waals surface area contributed by atoms with Gasteiger partial charge in [-0.05, 0) is 17.5 Å². The van der Waals surface area contributed by atoms with Gasteiger partial charge in [-0.15, -0.1) is 16.5 Å². The molecule has 0 unspecified atom stereocenters. The summed E-state index contributed by atoms with van der Waals surface area (Å²) in [6, 6.07) is 9.42. The Morgan fingerprint density at radius 2 is 2.00 bits per heavy atom. The molecule has 0 aliphatic carbocycles. The number of benzene rings is 1. The quantitative estimate of drug-likeness (QED) is 0.433. The van der Waals surface area contributed by atoms with Crippen LogP contribution in [0.2, 0.25) is 0 Å². The number of nitrogens with zero attached hydrogens (tertiary/aromatic N) is 3. The molecule has 0 bridgehead atoms. The third-order valence-corrected chi connectivity index (χ3v) is 3.71. The summed E-state index contributed by atoms with van der Waals surface area (Å²) >= 11 is 1.45. The fourth-order valence-electron chi connectivity index (χ4n) is 1.82. The second-order valence-electron chi connectivity index (χ2n) is 4.26. The maximum atomic E-state index is 11.8. The predicted molar refractivity (Wildman–Crippen MR) is 82.0 cm³/mol. The van der Waals surface area contributed by atoms with Crippen LogP contribution in [0.3, 0.4) is 0 Å². The first-order valence-corrected chi connectivity index (χ1v) is 7.04. The summed E-state index contributed by atoms with van der Waals surface area (Å²) < 4.78 is 0. The van der Waals surface area contributed by atoms with E-state index in [0.717, 1.165) is 4.88 Å². The molecule has 0 atom stereocenters. The Balaban J connectivity index is 1.97. The van der Waals surface area contributed by atoms with E-state index in [1.807, 2.05) is 17.5 Å². The SMILES string of the molecule is O=c1[nH][nH]c(-c2cccs2)c1N=Nc1cccc([N+](=O)[O-])c1. The highest BCUT2D eigenvalue weighted by atomic mass is 32.1. The van der Waals surface area contributed by atoms with Gasteiger partial charge in [0.05, 0.1) is 15.5 Å². The second kappa shape index (κ2) is 5.74. The van der Waals surface area contributed by atoms with Crippen LogP contribution < -0.4 is 5.56 Å². The van der Waals surface area contributed by atoms with Crippen molar-refractivity contribution in [2.75, 3.05) is 0 Å². The van der Waals surface area contributed by atoms with Gasteiger partial charge in [-0.3, -0.25) is 25.1 Å². The summed E-state index contributed by atoms with van der Waals surface area (Å²) in [7, 11) is 0. The first kappa shape index (κ1) is 13.9. The molecular formula is C13H9N5O3S. The van der Waals surface area contributed by atoms with Gasteiger partial charge in [0.15, 0.2) is 5.69 Å². The summed E-state index contributed by atoms with van der Waals surface area (Å²) in [6.45, 7) is 0. The van der Waals surface area contributed by atoms with Crippen molar-refractivity contribution in [1.82, 2.24) is 10.2 Å². The van der Waals surface area contributed by atoms with Crippen molar-refractivity contribution in [1.29, 1.82) is 0 Å². The zero-order valence-electron chi connectivity index (χ0n) is 11.0. The lowest BCUT2D eigenvalue weighted by molar-refractivity contribution is -0.384. The van der Waals surface area contributed by atoms with Crippen molar-refractivity contribution in [2.24, 2.45) is 10.2 Å². The number of thiophene rings is 1. The highest BCUT2D eigenvalue weighted by Gasteiger charge is 2.12. The van der Waals surface area contributed by atoms with Crippen molar-refractivity contribution >= 4 is 28.4 Å². The van der Waals surface area contributed by atoms with Crippen LogP contribution in [0.25, 0.3) is 10.6 Å². The number of rotatable bonds is 4. The van der Waals surface area contributed by atoms with E-state index in [1.165, 1.54) is 29.5 Å².